The van der Waals surface area contributed by atoms with Crippen molar-refractivity contribution in [3.8, 4) is 12.3 Å². The minimum absolute atomic E-state index is 0.00995. The highest BCUT2D eigenvalue weighted by molar-refractivity contribution is 5.83. The number of nitrogens with one attached hydrogen (secondary N) is 2. The Hall–Kier alpha value is -2.15. The van der Waals surface area contributed by atoms with Crippen LogP contribution in [-0.4, -0.2) is 82.3 Å². The number of likely N-dealkylation sites (N-methyl/N-ethyl adjacent to an activating group) is 1. The lowest BCUT2D eigenvalue weighted by Gasteiger charge is -2.37. The minimum Gasteiger partial charge on any atom is -0.393 e. The highest BCUT2D eigenvalue weighted by Gasteiger charge is 2.39. The fraction of sp³-hybridized carbons (Fsp3) is 0.857. The van der Waals surface area contributed by atoms with Crippen LogP contribution in [0.5, 0.6) is 0 Å². The topological polar surface area (TPSA) is 122 Å². The minimum atomic E-state index is -0.897. The number of rotatable bonds is 15. The molecule has 0 saturated heterocycles. The van der Waals surface area contributed by atoms with Crippen molar-refractivity contribution >= 4 is 17.7 Å². The molecule has 44 heavy (non-hydrogen) atoms. The summed E-state index contributed by atoms with van der Waals surface area (Å²) in [5, 5.41) is 26.5. The molecule has 0 aromatic heterocycles. The first-order valence-corrected chi connectivity index (χ1v) is 17.7. The molecule has 5 atom stereocenters. The van der Waals surface area contributed by atoms with Crippen LogP contribution in [0.2, 0.25) is 0 Å². The van der Waals surface area contributed by atoms with Gasteiger partial charge >= 0.3 is 0 Å². The maximum Gasteiger partial charge on any atom is 0.237 e. The molecule has 3 amide bonds. The number of terminal acetylenes is 1. The van der Waals surface area contributed by atoms with Crippen molar-refractivity contribution in [3.63, 3.8) is 0 Å². The van der Waals surface area contributed by atoms with Crippen LogP contribution in [0.4, 0.5) is 0 Å². The zero-order chi connectivity index (χ0) is 32.1. The summed E-state index contributed by atoms with van der Waals surface area (Å²) in [6.45, 7) is 8.23. The van der Waals surface area contributed by atoms with E-state index in [1.807, 2.05) is 11.8 Å². The number of hydrogen-bond acceptors (Lipinski definition) is 6. The molecule has 9 heteroatoms. The SMILES string of the molecule is C#CC1CC(C(=O)NC(CC2CCC(O)CC2)C(O)CN(CC)NC(=O)C2CCCCC2)CC(C(=O)N(CCC)CCC)C1. The van der Waals surface area contributed by atoms with E-state index in [9.17, 15) is 24.6 Å². The van der Waals surface area contributed by atoms with Gasteiger partial charge < -0.3 is 20.4 Å². The monoisotopic (exact) mass is 616 g/mol. The fourth-order valence-corrected chi connectivity index (χ4v) is 7.57. The van der Waals surface area contributed by atoms with E-state index in [2.05, 4.69) is 30.5 Å². The molecule has 5 unspecified atom stereocenters. The first-order valence-electron chi connectivity index (χ1n) is 17.7. The smallest absolute Gasteiger partial charge is 0.237 e. The Bertz CT molecular complexity index is 934. The number of carbonyl (C=O) groups excluding carboxylic acids is 3. The molecule has 0 spiro atoms. The van der Waals surface area contributed by atoms with E-state index < -0.39 is 18.1 Å². The van der Waals surface area contributed by atoms with Gasteiger partial charge in [-0.15, -0.1) is 12.3 Å². The zero-order valence-electron chi connectivity index (χ0n) is 27.6. The van der Waals surface area contributed by atoms with Gasteiger partial charge in [0, 0.05) is 49.9 Å². The molecule has 3 fully saturated rings. The largest absolute Gasteiger partial charge is 0.393 e. The molecular formula is C35H60N4O5. The lowest BCUT2D eigenvalue weighted by atomic mass is 9.74. The lowest BCUT2D eigenvalue weighted by Crippen LogP contribution is -2.55. The van der Waals surface area contributed by atoms with Crippen LogP contribution in [0, 0.1) is 41.9 Å². The number of aliphatic hydroxyl groups excluding tert-OH is 2. The lowest BCUT2D eigenvalue weighted by molar-refractivity contribution is -0.139. The molecule has 250 valence electrons. The van der Waals surface area contributed by atoms with Crippen LogP contribution in [0.25, 0.3) is 0 Å². The molecule has 0 aliphatic heterocycles. The highest BCUT2D eigenvalue weighted by Crippen LogP contribution is 2.35. The standard InChI is InChI=1S/C35H60N4O5/c1-5-18-38(19-6-2)35(44)29-21-25(7-3)20-28(23-29)33(42)36-31(22-26-14-16-30(40)17-15-26)32(41)24-39(8-4)37-34(43)27-12-10-9-11-13-27/h3,25-32,40-41H,5-6,8-24H2,1-2,4H3,(H,36,42)(H,37,43). The summed E-state index contributed by atoms with van der Waals surface area (Å²) >= 11 is 0. The van der Waals surface area contributed by atoms with Gasteiger partial charge in [0.1, 0.15) is 0 Å². The van der Waals surface area contributed by atoms with E-state index in [0.717, 1.165) is 64.2 Å². The second-order valence-electron chi connectivity index (χ2n) is 13.7. The quantitative estimate of drug-likeness (QED) is 0.163. The van der Waals surface area contributed by atoms with Gasteiger partial charge in [0.25, 0.3) is 0 Å². The van der Waals surface area contributed by atoms with Gasteiger partial charge in [0.15, 0.2) is 0 Å². The van der Waals surface area contributed by atoms with Crippen molar-refractivity contribution in [1.82, 2.24) is 20.7 Å². The second-order valence-corrected chi connectivity index (χ2v) is 13.7. The van der Waals surface area contributed by atoms with E-state index in [0.29, 0.717) is 45.3 Å². The predicted octanol–water partition coefficient (Wildman–Crippen LogP) is 4.02. The number of nitrogens with zero attached hydrogens (tertiary/aromatic N) is 2. The number of amides is 3. The average molecular weight is 617 g/mol. The summed E-state index contributed by atoms with van der Waals surface area (Å²) < 4.78 is 0. The first kappa shape index (κ1) is 36.3. The van der Waals surface area contributed by atoms with Crippen molar-refractivity contribution in [3.05, 3.63) is 0 Å². The van der Waals surface area contributed by atoms with Gasteiger partial charge in [-0.25, -0.2) is 5.01 Å². The Labute approximate surface area is 266 Å². The molecule has 3 aliphatic carbocycles. The van der Waals surface area contributed by atoms with E-state index >= 15 is 0 Å². The van der Waals surface area contributed by atoms with Crippen LogP contribution < -0.4 is 10.7 Å². The van der Waals surface area contributed by atoms with Crippen LogP contribution in [0.15, 0.2) is 0 Å². The Morgan fingerprint density at radius 2 is 1.50 bits per heavy atom. The molecule has 0 radical (unpaired) electrons. The normalized spacial score (nSPS) is 27.6. The van der Waals surface area contributed by atoms with E-state index in [1.165, 1.54) is 6.42 Å². The van der Waals surface area contributed by atoms with Crippen LogP contribution in [0.3, 0.4) is 0 Å². The maximum atomic E-state index is 13.9. The molecule has 9 nitrogen and oxygen atoms in total. The van der Waals surface area contributed by atoms with Gasteiger partial charge in [0.2, 0.25) is 17.7 Å². The van der Waals surface area contributed by atoms with Gasteiger partial charge in [-0.3, -0.25) is 19.8 Å². The van der Waals surface area contributed by atoms with Gasteiger partial charge in [-0.1, -0.05) is 40.0 Å². The molecule has 0 aromatic carbocycles. The van der Waals surface area contributed by atoms with Crippen LogP contribution >= 0.6 is 0 Å². The highest BCUT2D eigenvalue weighted by atomic mass is 16.3. The summed E-state index contributed by atoms with van der Waals surface area (Å²) in [6, 6.07) is -0.513. The Morgan fingerprint density at radius 1 is 0.864 bits per heavy atom. The van der Waals surface area contributed by atoms with E-state index in [4.69, 9.17) is 6.42 Å². The zero-order valence-corrected chi connectivity index (χ0v) is 27.6. The Kier molecular flexibility index (Phi) is 15.5. The van der Waals surface area contributed by atoms with E-state index in [-0.39, 0.29) is 54.0 Å². The van der Waals surface area contributed by atoms with Crippen molar-refractivity contribution in [2.24, 2.45) is 29.6 Å². The second kappa shape index (κ2) is 18.7. The van der Waals surface area contributed by atoms with E-state index in [1.54, 1.807) is 5.01 Å². The maximum absolute atomic E-state index is 13.9. The van der Waals surface area contributed by atoms with Gasteiger partial charge in [-0.05, 0) is 83.0 Å². The molecule has 3 rings (SSSR count). The third-order valence-corrected chi connectivity index (χ3v) is 10.2. The molecular weight excluding hydrogens is 556 g/mol. The number of hydrazine groups is 1. The summed E-state index contributed by atoms with van der Waals surface area (Å²) in [6.07, 6.45) is 16.9. The summed E-state index contributed by atoms with van der Waals surface area (Å²) in [7, 11) is 0. The van der Waals surface area contributed by atoms with Crippen molar-refractivity contribution in [1.29, 1.82) is 0 Å². The molecule has 4 N–H and O–H groups in total. The number of carbonyl (C=O) groups is 3. The molecule has 0 bridgehead atoms. The molecule has 0 aromatic rings. The molecule has 0 heterocycles. The number of aliphatic hydroxyl groups is 2. The van der Waals surface area contributed by atoms with Crippen molar-refractivity contribution in [2.45, 2.75) is 135 Å². The first-order chi connectivity index (χ1) is 21.2. The Morgan fingerprint density at radius 3 is 2.09 bits per heavy atom. The molecule has 3 aliphatic rings. The summed E-state index contributed by atoms with van der Waals surface area (Å²) in [5.74, 6) is 2.23. The van der Waals surface area contributed by atoms with Gasteiger partial charge in [-0.2, -0.15) is 0 Å². The fourth-order valence-electron chi connectivity index (χ4n) is 7.57. The van der Waals surface area contributed by atoms with Crippen LogP contribution in [-0.2, 0) is 14.4 Å². The summed E-state index contributed by atoms with van der Waals surface area (Å²) in [5.41, 5.74) is 3.04. The number of hydrogen-bond donors (Lipinski definition) is 4. The Balaban J connectivity index is 1.70. The van der Waals surface area contributed by atoms with Crippen molar-refractivity contribution < 1.29 is 24.6 Å². The molecule has 3 saturated carbocycles. The summed E-state index contributed by atoms with van der Waals surface area (Å²) in [4.78, 5) is 42.2. The average Bonchev–Trinajstić information content (AvgIpc) is 3.04. The van der Waals surface area contributed by atoms with Crippen molar-refractivity contribution in [2.75, 3.05) is 26.2 Å². The van der Waals surface area contributed by atoms with Crippen LogP contribution in [0.1, 0.15) is 117 Å². The predicted molar refractivity (Wildman–Crippen MR) is 173 cm³/mol. The van der Waals surface area contributed by atoms with Gasteiger partial charge in [0.05, 0.1) is 18.2 Å². The third kappa shape index (κ3) is 11.0. The third-order valence-electron chi connectivity index (χ3n) is 10.2.